The number of aryl methyl sites for hydroxylation is 1. The number of hydrogen-bond donors (Lipinski definition) is 2. The fraction of sp³-hybridized carbons (Fsp3) is 0.125. The molecule has 4 heterocycles. The summed E-state index contributed by atoms with van der Waals surface area (Å²) < 4.78 is 3.76. The summed E-state index contributed by atoms with van der Waals surface area (Å²) in [7, 11) is 3.88. The van der Waals surface area contributed by atoms with Gasteiger partial charge < -0.3 is 15.2 Å². The van der Waals surface area contributed by atoms with E-state index in [-0.39, 0.29) is 5.91 Å². The van der Waals surface area contributed by atoms with Gasteiger partial charge in [-0.1, -0.05) is 12.1 Å². The van der Waals surface area contributed by atoms with Gasteiger partial charge in [-0.3, -0.25) is 4.79 Å². The van der Waals surface area contributed by atoms with E-state index in [1.54, 1.807) is 16.8 Å². The second-order valence-corrected chi connectivity index (χ2v) is 7.55. The topological polar surface area (TPSA) is 76.2 Å². The highest BCUT2D eigenvalue weighted by Gasteiger charge is 2.13. The minimum absolute atomic E-state index is 0.160. The SMILES string of the molecule is CNCc1ccc(NC(=O)c2ccn3ncc(-c4cnc5c(ccn5C)c4)c3c2)cc1. The number of hydrogen-bond acceptors (Lipinski definition) is 4. The molecule has 0 aliphatic heterocycles. The van der Waals surface area contributed by atoms with Crippen molar-refractivity contribution in [1.29, 1.82) is 0 Å². The fourth-order valence-electron chi connectivity index (χ4n) is 3.76. The van der Waals surface area contributed by atoms with E-state index in [0.717, 1.165) is 45.5 Å². The summed E-state index contributed by atoms with van der Waals surface area (Å²) in [5.74, 6) is -0.160. The zero-order valence-electron chi connectivity index (χ0n) is 17.3. The van der Waals surface area contributed by atoms with E-state index in [2.05, 4.69) is 26.8 Å². The molecule has 31 heavy (non-hydrogen) atoms. The number of nitrogens with zero attached hydrogens (tertiary/aromatic N) is 4. The average molecular weight is 410 g/mol. The average Bonchev–Trinajstić information content (AvgIpc) is 3.38. The van der Waals surface area contributed by atoms with Crippen molar-refractivity contribution in [3.05, 3.63) is 84.4 Å². The van der Waals surface area contributed by atoms with Gasteiger partial charge in [0.1, 0.15) is 5.65 Å². The molecule has 154 valence electrons. The highest BCUT2D eigenvalue weighted by atomic mass is 16.1. The minimum Gasteiger partial charge on any atom is -0.336 e. The van der Waals surface area contributed by atoms with Gasteiger partial charge in [-0.15, -0.1) is 0 Å². The fourth-order valence-corrected chi connectivity index (χ4v) is 3.76. The molecule has 0 bridgehead atoms. The highest BCUT2D eigenvalue weighted by molar-refractivity contribution is 6.05. The number of rotatable bonds is 5. The summed E-state index contributed by atoms with van der Waals surface area (Å²) in [5.41, 5.74) is 6.18. The van der Waals surface area contributed by atoms with Gasteiger partial charge in [0.2, 0.25) is 0 Å². The molecule has 0 saturated heterocycles. The molecule has 7 heteroatoms. The molecule has 4 aromatic heterocycles. The van der Waals surface area contributed by atoms with Crippen molar-refractivity contribution in [1.82, 2.24) is 24.5 Å². The van der Waals surface area contributed by atoms with Gasteiger partial charge in [0.05, 0.1) is 11.7 Å². The number of nitrogens with one attached hydrogen (secondary N) is 2. The first-order chi connectivity index (χ1) is 15.1. The maximum atomic E-state index is 12.8. The van der Waals surface area contributed by atoms with Crippen LogP contribution in [0.3, 0.4) is 0 Å². The molecule has 1 aromatic carbocycles. The van der Waals surface area contributed by atoms with Crippen molar-refractivity contribution in [2.24, 2.45) is 7.05 Å². The monoisotopic (exact) mass is 410 g/mol. The molecule has 5 aromatic rings. The van der Waals surface area contributed by atoms with Gasteiger partial charge in [0.15, 0.2) is 0 Å². The Balaban J connectivity index is 1.45. The number of pyridine rings is 2. The lowest BCUT2D eigenvalue weighted by molar-refractivity contribution is 0.102. The van der Waals surface area contributed by atoms with Crippen LogP contribution in [0.1, 0.15) is 15.9 Å². The first-order valence-corrected chi connectivity index (χ1v) is 10.1. The Morgan fingerprint density at radius 1 is 1.03 bits per heavy atom. The molecule has 2 N–H and O–H groups in total. The number of amides is 1. The Kier molecular flexibility index (Phi) is 4.72. The summed E-state index contributed by atoms with van der Waals surface area (Å²) in [6.45, 7) is 0.790. The predicted molar refractivity (Wildman–Crippen MR) is 122 cm³/mol. The van der Waals surface area contributed by atoms with Gasteiger partial charge in [0.25, 0.3) is 5.91 Å². The molecule has 0 aliphatic rings. The summed E-state index contributed by atoms with van der Waals surface area (Å²) in [5, 5.41) is 11.6. The van der Waals surface area contributed by atoms with Crippen molar-refractivity contribution >= 4 is 28.1 Å². The van der Waals surface area contributed by atoms with Gasteiger partial charge >= 0.3 is 0 Å². The molecule has 7 nitrogen and oxygen atoms in total. The van der Waals surface area contributed by atoms with Crippen LogP contribution in [0.5, 0.6) is 0 Å². The Morgan fingerprint density at radius 3 is 2.68 bits per heavy atom. The van der Waals surface area contributed by atoms with Crippen LogP contribution in [0.2, 0.25) is 0 Å². The van der Waals surface area contributed by atoms with Gasteiger partial charge in [-0.05, 0) is 49.0 Å². The Labute approximate surface area is 179 Å². The summed E-state index contributed by atoms with van der Waals surface area (Å²) in [6, 6.07) is 15.6. The van der Waals surface area contributed by atoms with E-state index in [1.807, 2.05) is 73.7 Å². The second kappa shape index (κ2) is 7.70. The van der Waals surface area contributed by atoms with Crippen LogP contribution in [-0.4, -0.2) is 32.1 Å². The van der Waals surface area contributed by atoms with Crippen LogP contribution in [0.15, 0.2) is 73.3 Å². The maximum absolute atomic E-state index is 12.8. The number of aromatic nitrogens is 4. The van der Waals surface area contributed by atoms with Crippen molar-refractivity contribution in [3.8, 4) is 11.1 Å². The van der Waals surface area contributed by atoms with E-state index in [0.29, 0.717) is 5.56 Å². The smallest absolute Gasteiger partial charge is 0.255 e. The molecular formula is C24H22N6O. The van der Waals surface area contributed by atoms with E-state index < -0.39 is 0 Å². The lowest BCUT2D eigenvalue weighted by Crippen LogP contribution is -2.12. The molecule has 0 atom stereocenters. The van der Waals surface area contributed by atoms with Crippen LogP contribution >= 0.6 is 0 Å². The largest absolute Gasteiger partial charge is 0.336 e. The molecule has 0 spiro atoms. The molecule has 0 fully saturated rings. The molecule has 1 amide bonds. The highest BCUT2D eigenvalue weighted by Crippen LogP contribution is 2.27. The third kappa shape index (κ3) is 3.55. The van der Waals surface area contributed by atoms with Crippen molar-refractivity contribution in [2.45, 2.75) is 6.54 Å². The van der Waals surface area contributed by atoms with Gasteiger partial charge in [-0.25, -0.2) is 9.50 Å². The van der Waals surface area contributed by atoms with Crippen molar-refractivity contribution in [3.63, 3.8) is 0 Å². The summed E-state index contributed by atoms with van der Waals surface area (Å²) in [4.78, 5) is 17.4. The van der Waals surface area contributed by atoms with E-state index in [4.69, 9.17) is 0 Å². The number of benzene rings is 1. The van der Waals surface area contributed by atoms with E-state index >= 15 is 0 Å². The van der Waals surface area contributed by atoms with Crippen LogP contribution in [0.4, 0.5) is 5.69 Å². The molecule has 0 unspecified atom stereocenters. The molecule has 5 rings (SSSR count). The predicted octanol–water partition coefficient (Wildman–Crippen LogP) is 3.86. The Morgan fingerprint density at radius 2 is 1.87 bits per heavy atom. The number of carbonyl (C=O) groups excluding carboxylic acids is 1. The van der Waals surface area contributed by atoms with Crippen molar-refractivity contribution in [2.75, 3.05) is 12.4 Å². The minimum atomic E-state index is -0.160. The zero-order valence-corrected chi connectivity index (χ0v) is 17.3. The zero-order chi connectivity index (χ0) is 21.4. The number of fused-ring (bicyclic) bond motifs is 2. The molecule has 0 saturated carbocycles. The normalized spacial score (nSPS) is 11.3. The lowest BCUT2D eigenvalue weighted by atomic mass is 10.1. The van der Waals surface area contributed by atoms with E-state index in [9.17, 15) is 4.79 Å². The number of carbonyl (C=O) groups is 1. The Bertz CT molecular complexity index is 1400. The maximum Gasteiger partial charge on any atom is 0.255 e. The summed E-state index contributed by atoms with van der Waals surface area (Å²) in [6.07, 6.45) is 7.45. The second-order valence-electron chi connectivity index (χ2n) is 7.55. The van der Waals surface area contributed by atoms with Crippen molar-refractivity contribution < 1.29 is 4.79 Å². The lowest BCUT2D eigenvalue weighted by Gasteiger charge is -2.08. The van der Waals surface area contributed by atoms with Crippen LogP contribution in [0, 0.1) is 0 Å². The Hall–Kier alpha value is -3.97. The molecule has 0 radical (unpaired) electrons. The third-order valence-electron chi connectivity index (χ3n) is 5.39. The molecule has 0 aliphatic carbocycles. The van der Waals surface area contributed by atoms with E-state index in [1.165, 1.54) is 0 Å². The first kappa shape index (κ1) is 19.0. The van der Waals surface area contributed by atoms with Gasteiger partial charge in [-0.2, -0.15) is 5.10 Å². The molecular weight excluding hydrogens is 388 g/mol. The quantitative estimate of drug-likeness (QED) is 0.461. The van der Waals surface area contributed by atoms with Gasteiger partial charge in [0, 0.05) is 59.9 Å². The van der Waals surface area contributed by atoms with Crippen LogP contribution < -0.4 is 10.6 Å². The number of anilines is 1. The van der Waals surface area contributed by atoms with Crippen LogP contribution in [0.25, 0.3) is 27.7 Å². The standard InChI is InChI=1S/C24H22N6O/c1-25-13-16-3-5-20(6-4-16)28-24(31)18-8-10-30-22(12-18)21(15-27-30)19-11-17-7-9-29(2)23(17)26-14-19/h3-12,14-15,25H,13H2,1-2H3,(H,28,31). The summed E-state index contributed by atoms with van der Waals surface area (Å²) >= 11 is 0. The first-order valence-electron chi connectivity index (χ1n) is 10.1. The third-order valence-corrected chi connectivity index (χ3v) is 5.39. The van der Waals surface area contributed by atoms with Crippen LogP contribution in [-0.2, 0) is 13.6 Å².